The van der Waals surface area contributed by atoms with Crippen molar-refractivity contribution in [2.24, 2.45) is 11.7 Å². The molecule has 2 aliphatic heterocycles. The van der Waals surface area contributed by atoms with E-state index in [1.54, 1.807) is 11.3 Å². The Kier molecular flexibility index (Phi) is 4.50. The lowest BCUT2D eigenvalue weighted by molar-refractivity contribution is 0.310. The van der Waals surface area contributed by atoms with Gasteiger partial charge in [-0.05, 0) is 44.0 Å². The summed E-state index contributed by atoms with van der Waals surface area (Å²) in [6.45, 7) is 5.42. The summed E-state index contributed by atoms with van der Waals surface area (Å²) in [7, 11) is 2.23. The lowest BCUT2D eigenvalue weighted by atomic mass is 10.0. The van der Waals surface area contributed by atoms with E-state index < -0.39 is 0 Å². The van der Waals surface area contributed by atoms with E-state index in [2.05, 4.69) is 46.1 Å². The number of hydrogen-bond donors (Lipinski definition) is 2. The summed E-state index contributed by atoms with van der Waals surface area (Å²) in [6.07, 6.45) is 4.03. The molecule has 2 atom stereocenters. The highest BCUT2D eigenvalue weighted by Gasteiger charge is 2.40. The molecular weight excluding hydrogens is 344 g/mol. The average molecular weight is 369 g/mol. The van der Waals surface area contributed by atoms with Crippen molar-refractivity contribution in [2.75, 3.05) is 31.6 Å². The van der Waals surface area contributed by atoms with Gasteiger partial charge in [0.15, 0.2) is 0 Å². The van der Waals surface area contributed by atoms with Gasteiger partial charge in [0.25, 0.3) is 0 Å². The van der Waals surface area contributed by atoms with E-state index in [-0.39, 0.29) is 0 Å². The fourth-order valence-electron chi connectivity index (χ4n) is 4.09. The van der Waals surface area contributed by atoms with Crippen molar-refractivity contribution in [1.29, 1.82) is 5.41 Å². The van der Waals surface area contributed by atoms with Crippen LogP contribution < -0.4 is 10.6 Å². The maximum Gasteiger partial charge on any atom is 0.208 e. The molecule has 0 spiro atoms. The summed E-state index contributed by atoms with van der Waals surface area (Å²) in [6, 6.07) is 6.75. The summed E-state index contributed by atoms with van der Waals surface area (Å²) in [5.74, 6) is 0.760. The first-order chi connectivity index (χ1) is 12.6. The van der Waals surface area contributed by atoms with Crippen LogP contribution in [0, 0.1) is 18.3 Å². The van der Waals surface area contributed by atoms with Crippen molar-refractivity contribution in [2.45, 2.75) is 19.4 Å². The van der Waals surface area contributed by atoms with Crippen LogP contribution in [-0.2, 0) is 0 Å². The zero-order valence-electron chi connectivity index (χ0n) is 15.1. The van der Waals surface area contributed by atoms with Gasteiger partial charge in [-0.3, -0.25) is 0 Å². The number of hydrogen-bond acceptors (Lipinski definition) is 7. The zero-order valence-corrected chi connectivity index (χ0v) is 16.0. The molecule has 136 valence electrons. The number of anilines is 1. The number of nitrogens with two attached hydrogens (primary N) is 1. The molecule has 26 heavy (non-hydrogen) atoms. The third kappa shape index (κ3) is 2.91. The predicted molar refractivity (Wildman–Crippen MR) is 108 cm³/mol. The smallest absolute Gasteiger partial charge is 0.208 e. The first-order valence-electron chi connectivity index (χ1n) is 8.93. The maximum absolute atomic E-state index is 7.45. The molecule has 1 aromatic carbocycles. The second-order valence-corrected chi connectivity index (χ2v) is 8.14. The van der Waals surface area contributed by atoms with Crippen molar-refractivity contribution in [3.63, 3.8) is 0 Å². The Morgan fingerprint density at radius 1 is 1.35 bits per heavy atom. The third-order valence-corrected chi connectivity index (χ3v) is 6.65. The lowest BCUT2D eigenvalue weighted by Crippen LogP contribution is -2.32. The standard InChI is InChI=1S/C19H24N6S/c1-12-7-13(15(8-20)9-21)3-4-16(12)18-22-23-19(26-18)25-10-14-5-6-24(2)17(14)11-25/h3-4,7-9,14,17,20H,5-6,10-11,21H2,1-2H3/b15-9+,20-8?. The first kappa shape index (κ1) is 17.2. The van der Waals surface area contributed by atoms with Crippen LogP contribution in [0.25, 0.3) is 16.1 Å². The highest BCUT2D eigenvalue weighted by molar-refractivity contribution is 7.18. The summed E-state index contributed by atoms with van der Waals surface area (Å²) >= 11 is 1.66. The highest BCUT2D eigenvalue weighted by atomic mass is 32.1. The molecule has 0 radical (unpaired) electrons. The van der Waals surface area contributed by atoms with E-state index in [9.17, 15) is 0 Å². The van der Waals surface area contributed by atoms with Gasteiger partial charge in [0.2, 0.25) is 5.13 Å². The average Bonchev–Trinajstić information content (AvgIpc) is 3.34. The molecule has 7 heteroatoms. The highest BCUT2D eigenvalue weighted by Crippen LogP contribution is 2.37. The normalized spacial score (nSPS) is 23.5. The van der Waals surface area contributed by atoms with Crippen molar-refractivity contribution < 1.29 is 0 Å². The fraction of sp³-hybridized carbons (Fsp3) is 0.421. The van der Waals surface area contributed by atoms with Crippen LogP contribution in [0.4, 0.5) is 5.13 Å². The Morgan fingerprint density at radius 2 is 2.19 bits per heavy atom. The van der Waals surface area contributed by atoms with Gasteiger partial charge in [-0.15, -0.1) is 10.2 Å². The summed E-state index contributed by atoms with van der Waals surface area (Å²) in [4.78, 5) is 4.86. The van der Waals surface area contributed by atoms with Gasteiger partial charge in [0, 0.05) is 42.7 Å². The van der Waals surface area contributed by atoms with Crippen molar-refractivity contribution in [1.82, 2.24) is 15.1 Å². The molecule has 3 heterocycles. The van der Waals surface area contributed by atoms with E-state index in [1.807, 2.05) is 6.07 Å². The molecule has 2 saturated heterocycles. The van der Waals surface area contributed by atoms with E-state index in [4.69, 9.17) is 11.1 Å². The molecule has 2 fully saturated rings. The van der Waals surface area contributed by atoms with Crippen molar-refractivity contribution >= 4 is 28.3 Å². The van der Waals surface area contributed by atoms with E-state index in [0.717, 1.165) is 45.8 Å². The van der Waals surface area contributed by atoms with Crippen LogP contribution in [0.1, 0.15) is 17.5 Å². The van der Waals surface area contributed by atoms with Gasteiger partial charge in [0.05, 0.1) is 0 Å². The topological polar surface area (TPSA) is 82.1 Å². The minimum atomic E-state index is 0.658. The summed E-state index contributed by atoms with van der Waals surface area (Å²) < 4.78 is 0. The Balaban J connectivity index is 1.56. The second kappa shape index (κ2) is 6.81. The van der Waals surface area contributed by atoms with E-state index in [0.29, 0.717) is 11.6 Å². The van der Waals surface area contributed by atoms with E-state index in [1.165, 1.54) is 25.4 Å². The molecule has 0 aliphatic carbocycles. The third-order valence-electron chi connectivity index (χ3n) is 5.64. The van der Waals surface area contributed by atoms with Gasteiger partial charge >= 0.3 is 0 Å². The Bertz CT molecular complexity index is 857. The van der Waals surface area contributed by atoms with Crippen LogP contribution in [-0.4, -0.2) is 54.0 Å². The number of nitrogens with one attached hydrogen (secondary N) is 1. The summed E-state index contributed by atoms with van der Waals surface area (Å²) in [5.41, 5.74) is 9.46. The summed E-state index contributed by atoms with van der Waals surface area (Å²) in [5, 5.41) is 18.3. The van der Waals surface area contributed by atoms with Gasteiger partial charge < -0.3 is 20.9 Å². The number of aryl methyl sites for hydroxylation is 1. The van der Waals surface area contributed by atoms with Crippen molar-refractivity contribution in [3.8, 4) is 10.6 Å². The number of aromatic nitrogens is 2. The van der Waals surface area contributed by atoms with E-state index >= 15 is 0 Å². The van der Waals surface area contributed by atoms with Gasteiger partial charge in [-0.2, -0.15) is 0 Å². The molecular formula is C19H24N6S. The zero-order chi connectivity index (χ0) is 18.3. The molecule has 0 saturated carbocycles. The molecule has 0 amide bonds. The van der Waals surface area contributed by atoms with Gasteiger partial charge in [-0.1, -0.05) is 29.5 Å². The molecule has 2 aliphatic rings. The number of likely N-dealkylation sites (tertiary alicyclic amines) is 1. The number of fused-ring (bicyclic) bond motifs is 1. The molecule has 4 rings (SSSR count). The Hall–Kier alpha value is -2.25. The molecule has 2 unspecified atom stereocenters. The first-order valence-corrected chi connectivity index (χ1v) is 9.75. The minimum absolute atomic E-state index is 0.658. The number of nitrogens with zero attached hydrogens (tertiary/aromatic N) is 4. The molecule has 1 aromatic heterocycles. The monoisotopic (exact) mass is 368 g/mol. The van der Waals surface area contributed by atoms with Crippen LogP contribution >= 0.6 is 11.3 Å². The van der Waals surface area contributed by atoms with Crippen LogP contribution in [0.3, 0.4) is 0 Å². The number of benzene rings is 1. The SMILES string of the molecule is Cc1cc(/C(C=N)=C/N)ccc1-c1nnc(N2CC3CCN(C)C3C2)s1. The number of allylic oxidation sites excluding steroid dienone is 1. The molecule has 0 bridgehead atoms. The number of likely N-dealkylation sites (N-methyl/N-ethyl adjacent to an activating group) is 1. The Morgan fingerprint density at radius 3 is 2.88 bits per heavy atom. The Labute approximate surface area is 157 Å². The van der Waals surface area contributed by atoms with Gasteiger partial charge in [0.1, 0.15) is 5.01 Å². The molecule has 2 aromatic rings. The van der Waals surface area contributed by atoms with Crippen LogP contribution in [0.15, 0.2) is 24.4 Å². The largest absolute Gasteiger partial charge is 0.404 e. The minimum Gasteiger partial charge on any atom is -0.404 e. The quantitative estimate of drug-likeness (QED) is 0.811. The predicted octanol–water partition coefficient (Wildman–Crippen LogP) is 2.60. The molecule has 6 nitrogen and oxygen atoms in total. The second-order valence-electron chi connectivity index (χ2n) is 7.19. The fourth-order valence-corrected chi connectivity index (χ4v) is 5.04. The molecule has 3 N–H and O–H groups in total. The number of rotatable bonds is 4. The maximum atomic E-state index is 7.45. The van der Waals surface area contributed by atoms with Crippen molar-refractivity contribution in [3.05, 3.63) is 35.5 Å². The lowest BCUT2D eigenvalue weighted by Gasteiger charge is -2.19. The van der Waals surface area contributed by atoms with Crippen LogP contribution in [0.5, 0.6) is 0 Å². The van der Waals surface area contributed by atoms with Gasteiger partial charge in [-0.25, -0.2) is 0 Å². The van der Waals surface area contributed by atoms with Crippen LogP contribution in [0.2, 0.25) is 0 Å².